The van der Waals surface area contributed by atoms with E-state index in [0.29, 0.717) is 6.42 Å². The molecule has 0 unspecified atom stereocenters. The molecule has 0 aliphatic heterocycles. The van der Waals surface area contributed by atoms with E-state index < -0.39 is 0 Å². The van der Waals surface area contributed by atoms with E-state index in [-0.39, 0.29) is 6.61 Å². The second-order valence-corrected chi connectivity index (χ2v) is 0.977. The summed E-state index contributed by atoms with van der Waals surface area (Å²) in [6.07, 6.45) is 2.01. The maximum atomic E-state index is 8.08. The van der Waals surface area contributed by atoms with Gasteiger partial charge in [0.1, 0.15) is 12.7 Å². The van der Waals surface area contributed by atoms with Gasteiger partial charge in [0.25, 0.3) is 0 Å². The van der Waals surface area contributed by atoms with Gasteiger partial charge in [0.15, 0.2) is 0 Å². The number of aliphatic hydroxyl groups excluding tert-OH is 2. The zero-order valence-corrected chi connectivity index (χ0v) is 4.31. The van der Waals surface area contributed by atoms with E-state index in [4.69, 9.17) is 10.2 Å². The van der Waals surface area contributed by atoms with Crippen LogP contribution in [0.2, 0.25) is 0 Å². The van der Waals surface area contributed by atoms with Crippen molar-refractivity contribution in [2.24, 2.45) is 0 Å². The number of hydrogen-bond acceptors (Lipinski definition) is 2. The van der Waals surface area contributed by atoms with E-state index in [1.807, 2.05) is 0 Å². The van der Waals surface area contributed by atoms with Gasteiger partial charge in [-0.05, 0) is 5.92 Å². The number of hydrogen-bond donors (Lipinski definition) is 2. The molecule has 0 heterocycles. The van der Waals surface area contributed by atoms with Crippen molar-refractivity contribution in [3.05, 3.63) is 0 Å². The van der Waals surface area contributed by atoms with Gasteiger partial charge in [-0.3, -0.25) is 0 Å². The Bertz CT molecular complexity index is 151. The van der Waals surface area contributed by atoms with Crippen LogP contribution in [0.15, 0.2) is 0 Å². The molecule has 8 heavy (non-hydrogen) atoms. The topological polar surface area (TPSA) is 40.5 Å². The molecule has 0 saturated heterocycles. The van der Waals surface area contributed by atoms with Gasteiger partial charge in [-0.2, -0.15) is 0 Å². The summed E-state index contributed by atoms with van der Waals surface area (Å²) < 4.78 is 0. The molecule has 2 N–H and O–H groups in total. The summed E-state index contributed by atoms with van der Waals surface area (Å²) in [6, 6.07) is 0. The Labute approximate surface area is 48.2 Å². The van der Waals surface area contributed by atoms with Crippen LogP contribution < -0.4 is 0 Å². The fraction of sp³-hybridized carbons (Fsp3) is 0.333. The van der Waals surface area contributed by atoms with E-state index in [2.05, 4.69) is 17.8 Å². The minimum atomic E-state index is -0.146. The third kappa shape index (κ3) is 4.88. The lowest BCUT2D eigenvalue weighted by atomic mass is 10.4. The summed E-state index contributed by atoms with van der Waals surface area (Å²) in [6.45, 7) is -0.146. The highest BCUT2D eigenvalue weighted by atomic mass is 16.2. The van der Waals surface area contributed by atoms with E-state index in [1.165, 1.54) is 0 Å². The van der Waals surface area contributed by atoms with Crippen LogP contribution in [0.3, 0.4) is 0 Å². The molecule has 0 spiro atoms. The first-order valence-electron chi connectivity index (χ1n) is 2.10. The third-order valence-electron chi connectivity index (χ3n) is 0.460. The Balaban J connectivity index is 3.24. The van der Waals surface area contributed by atoms with Crippen molar-refractivity contribution in [2.75, 3.05) is 6.61 Å². The van der Waals surface area contributed by atoms with Crippen LogP contribution in [0, 0.1) is 23.9 Å². The standard InChI is InChI=1S/C6H6O2/c7-5-3-1-2-4-6-8/h7-8H,1,6H2. The molecular formula is C6H6O2. The Morgan fingerprint density at radius 1 is 1.12 bits per heavy atom. The summed E-state index contributed by atoms with van der Waals surface area (Å²) in [5.74, 6) is 7.18. The van der Waals surface area contributed by atoms with Gasteiger partial charge in [-0.1, -0.05) is 11.8 Å². The van der Waals surface area contributed by atoms with Crippen molar-refractivity contribution >= 4 is 0 Å². The highest BCUT2D eigenvalue weighted by Gasteiger charge is 1.63. The molecule has 0 aromatic carbocycles. The molecule has 2 heteroatoms. The average molecular weight is 110 g/mol. The van der Waals surface area contributed by atoms with Gasteiger partial charge in [-0.25, -0.2) is 0 Å². The molecule has 0 bridgehead atoms. The van der Waals surface area contributed by atoms with Gasteiger partial charge in [0, 0.05) is 0 Å². The number of rotatable bonds is 0. The molecule has 0 saturated carbocycles. The van der Waals surface area contributed by atoms with Crippen LogP contribution in [0.4, 0.5) is 0 Å². The largest absolute Gasteiger partial charge is 0.462 e. The molecule has 0 amide bonds. The molecule has 0 aliphatic rings. The van der Waals surface area contributed by atoms with Crippen LogP contribution in [0.1, 0.15) is 6.42 Å². The second kappa shape index (κ2) is 5.88. The van der Waals surface area contributed by atoms with Gasteiger partial charge < -0.3 is 10.2 Å². The summed E-state index contributed by atoms with van der Waals surface area (Å²) >= 11 is 0. The minimum absolute atomic E-state index is 0.146. The molecular weight excluding hydrogens is 104 g/mol. The predicted molar refractivity (Wildman–Crippen MR) is 29.2 cm³/mol. The zero-order chi connectivity index (χ0) is 6.24. The van der Waals surface area contributed by atoms with E-state index in [9.17, 15) is 0 Å². The first-order chi connectivity index (χ1) is 3.91. The summed E-state index contributed by atoms with van der Waals surface area (Å²) in [7, 11) is 0. The number of aliphatic hydroxyl groups is 2. The zero-order valence-electron chi connectivity index (χ0n) is 4.31. The van der Waals surface area contributed by atoms with Gasteiger partial charge in [0.2, 0.25) is 0 Å². The Morgan fingerprint density at radius 2 is 1.88 bits per heavy atom. The van der Waals surface area contributed by atoms with Crippen molar-refractivity contribution in [3.63, 3.8) is 0 Å². The highest BCUT2D eigenvalue weighted by Crippen LogP contribution is 1.66. The summed E-state index contributed by atoms with van der Waals surface area (Å²) in [5.41, 5.74) is 0. The molecule has 42 valence electrons. The Morgan fingerprint density at radius 3 is 2.38 bits per heavy atom. The molecule has 0 rings (SSSR count). The van der Waals surface area contributed by atoms with Crippen LogP contribution >= 0.6 is 0 Å². The first kappa shape index (κ1) is 6.88. The van der Waals surface area contributed by atoms with Crippen LogP contribution in [0.5, 0.6) is 0 Å². The SMILES string of the molecule is OC#CCC#CCO. The molecule has 0 atom stereocenters. The molecule has 0 aromatic heterocycles. The van der Waals surface area contributed by atoms with Crippen molar-refractivity contribution in [1.29, 1.82) is 0 Å². The molecule has 0 radical (unpaired) electrons. The molecule has 0 aliphatic carbocycles. The van der Waals surface area contributed by atoms with E-state index in [0.717, 1.165) is 0 Å². The minimum Gasteiger partial charge on any atom is -0.462 e. The van der Waals surface area contributed by atoms with Crippen molar-refractivity contribution in [2.45, 2.75) is 6.42 Å². The summed E-state index contributed by atoms with van der Waals surface area (Å²) in [4.78, 5) is 0. The molecule has 0 fully saturated rings. The van der Waals surface area contributed by atoms with Crippen LogP contribution in [0.25, 0.3) is 0 Å². The lowest BCUT2D eigenvalue weighted by Gasteiger charge is -1.67. The van der Waals surface area contributed by atoms with Crippen LogP contribution in [-0.2, 0) is 0 Å². The first-order valence-corrected chi connectivity index (χ1v) is 2.10. The molecule has 2 nitrogen and oxygen atoms in total. The quantitative estimate of drug-likeness (QED) is 0.420. The van der Waals surface area contributed by atoms with Crippen molar-refractivity contribution in [3.8, 4) is 23.9 Å². The lowest BCUT2D eigenvalue weighted by molar-refractivity contribution is 0.350. The highest BCUT2D eigenvalue weighted by molar-refractivity contribution is 5.08. The normalized spacial score (nSPS) is 5.62. The fourth-order valence-electron chi connectivity index (χ4n) is 0.202. The predicted octanol–water partition coefficient (Wildman–Crippen LogP) is -0.294. The van der Waals surface area contributed by atoms with Gasteiger partial charge in [0.05, 0.1) is 6.42 Å². The second-order valence-electron chi connectivity index (χ2n) is 0.977. The van der Waals surface area contributed by atoms with Crippen molar-refractivity contribution < 1.29 is 10.2 Å². The Hall–Kier alpha value is -1.12. The van der Waals surface area contributed by atoms with E-state index >= 15 is 0 Å². The average Bonchev–Trinajstić information content (AvgIpc) is 1.81. The summed E-state index contributed by atoms with van der Waals surface area (Å²) in [5, 5.41) is 16.0. The fourth-order valence-corrected chi connectivity index (χ4v) is 0.202. The lowest BCUT2D eigenvalue weighted by Crippen LogP contribution is -1.70. The smallest absolute Gasteiger partial charge is 0.108 e. The monoisotopic (exact) mass is 110 g/mol. The maximum absolute atomic E-state index is 8.08. The Kier molecular flexibility index (Phi) is 5.06. The van der Waals surface area contributed by atoms with Gasteiger partial charge >= 0.3 is 0 Å². The third-order valence-corrected chi connectivity index (χ3v) is 0.460. The van der Waals surface area contributed by atoms with Gasteiger partial charge in [-0.15, -0.1) is 0 Å². The van der Waals surface area contributed by atoms with E-state index in [1.54, 1.807) is 6.11 Å². The van der Waals surface area contributed by atoms with Crippen molar-refractivity contribution in [1.82, 2.24) is 0 Å². The molecule has 0 aromatic rings. The maximum Gasteiger partial charge on any atom is 0.108 e. The van der Waals surface area contributed by atoms with Crippen LogP contribution in [-0.4, -0.2) is 16.8 Å².